The van der Waals surface area contributed by atoms with Gasteiger partial charge in [0.15, 0.2) is 6.04 Å². The Labute approximate surface area is 125 Å². The van der Waals surface area contributed by atoms with E-state index in [2.05, 4.69) is 26.0 Å². The fourth-order valence-electron chi connectivity index (χ4n) is 1.41. The highest BCUT2D eigenvalue weighted by atomic mass is 79.9. The molecule has 7 heteroatoms. The van der Waals surface area contributed by atoms with E-state index in [0.717, 1.165) is 4.47 Å². The van der Waals surface area contributed by atoms with Gasteiger partial charge in [-0.3, -0.25) is 4.79 Å². The normalized spacial score (nSPS) is 11.6. The number of aliphatic hydroxyl groups excluding tert-OH is 1. The van der Waals surface area contributed by atoms with Gasteiger partial charge in [0.05, 0.1) is 26.7 Å². The van der Waals surface area contributed by atoms with Gasteiger partial charge in [-0.25, -0.2) is 4.79 Å². The van der Waals surface area contributed by atoms with Crippen molar-refractivity contribution in [2.75, 3.05) is 20.3 Å². The summed E-state index contributed by atoms with van der Waals surface area (Å²) in [5.41, 5.74) is 0. The average Bonchev–Trinajstić information content (AvgIpc) is 2.44. The topological polar surface area (TPSA) is 84.9 Å². The van der Waals surface area contributed by atoms with Gasteiger partial charge in [0.1, 0.15) is 5.75 Å². The molecule has 1 unspecified atom stereocenters. The number of carbonyl (C=O) groups excluding carboxylic acids is 2. The summed E-state index contributed by atoms with van der Waals surface area (Å²) in [6, 6.07) is 6.19. The highest BCUT2D eigenvalue weighted by Gasteiger charge is 2.20. The molecule has 0 saturated heterocycles. The second kappa shape index (κ2) is 8.55. The molecule has 0 radical (unpaired) electrons. The van der Waals surface area contributed by atoms with E-state index >= 15 is 0 Å². The van der Waals surface area contributed by atoms with E-state index in [0.29, 0.717) is 5.75 Å². The van der Waals surface area contributed by atoms with Gasteiger partial charge in [0, 0.05) is 4.47 Å². The van der Waals surface area contributed by atoms with E-state index in [4.69, 9.17) is 9.84 Å². The van der Waals surface area contributed by atoms with Crippen molar-refractivity contribution in [3.63, 3.8) is 0 Å². The number of benzene rings is 1. The van der Waals surface area contributed by atoms with Crippen LogP contribution in [0.25, 0.3) is 0 Å². The molecular formula is C13H16BrNO5. The van der Waals surface area contributed by atoms with Crippen LogP contribution in [-0.2, 0) is 14.3 Å². The minimum atomic E-state index is -1.04. The molecule has 2 N–H and O–H groups in total. The Morgan fingerprint density at radius 2 is 2.20 bits per heavy atom. The third-order valence-corrected chi connectivity index (χ3v) is 2.89. The monoisotopic (exact) mass is 345 g/mol. The molecule has 0 bridgehead atoms. The summed E-state index contributed by atoms with van der Waals surface area (Å²) in [6.07, 6.45) is 0.0695. The van der Waals surface area contributed by atoms with Crippen LogP contribution in [0.2, 0.25) is 0 Å². The molecule has 0 saturated carbocycles. The number of carbonyl (C=O) groups is 2. The van der Waals surface area contributed by atoms with Gasteiger partial charge in [0.25, 0.3) is 0 Å². The van der Waals surface area contributed by atoms with Crippen LogP contribution in [0.1, 0.15) is 6.42 Å². The molecule has 0 aliphatic heterocycles. The summed E-state index contributed by atoms with van der Waals surface area (Å²) in [4.78, 5) is 22.7. The standard InChI is InChI=1S/C13H16BrNO5/c1-19-13(18)11(8-16)15-12(17)5-6-20-10-4-2-3-9(14)7-10/h2-4,7,11,16H,5-6,8H2,1H3,(H,15,17). The zero-order valence-electron chi connectivity index (χ0n) is 11.0. The molecule has 20 heavy (non-hydrogen) atoms. The van der Waals surface area contributed by atoms with Crippen molar-refractivity contribution in [1.82, 2.24) is 5.32 Å². The zero-order valence-corrected chi connectivity index (χ0v) is 12.6. The Bertz CT molecular complexity index is 466. The van der Waals surface area contributed by atoms with Gasteiger partial charge in [-0.2, -0.15) is 0 Å². The molecule has 0 aromatic heterocycles. The molecule has 1 amide bonds. The lowest BCUT2D eigenvalue weighted by Crippen LogP contribution is -2.44. The average molecular weight is 346 g/mol. The predicted octanol–water partition coefficient (Wildman–Crippen LogP) is 0.868. The Balaban J connectivity index is 2.34. The first-order valence-electron chi connectivity index (χ1n) is 5.93. The van der Waals surface area contributed by atoms with E-state index in [1.807, 2.05) is 12.1 Å². The smallest absolute Gasteiger partial charge is 0.330 e. The van der Waals surface area contributed by atoms with Crippen LogP contribution in [0.15, 0.2) is 28.7 Å². The number of nitrogens with one attached hydrogen (secondary N) is 1. The second-order valence-corrected chi connectivity index (χ2v) is 4.80. The van der Waals surface area contributed by atoms with Crippen molar-refractivity contribution in [2.24, 2.45) is 0 Å². The zero-order chi connectivity index (χ0) is 15.0. The van der Waals surface area contributed by atoms with E-state index in [1.165, 1.54) is 7.11 Å². The highest BCUT2D eigenvalue weighted by Crippen LogP contribution is 2.17. The van der Waals surface area contributed by atoms with Crippen molar-refractivity contribution in [3.8, 4) is 5.75 Å². The molecule has 110 valence electrons. The molecule has 0 heterocycles. The summed E-state index contributed by atoms with van der Waals surface area (Å²) in [5.74, 6) is -0.447. The number of rotatable bonds is 7. The van der Waals surface area contributed by atoms with Gasteiger partial charge >= 0.3 is 5.97 Å². The first kappa shape index (κ1) is 16.5. The van der Waals surface area contributed by atoms with Crippen LogP contribution in [0.3, 0.4) is 0 Å². The van der Waals surface area contributed by atoms with Gasteiger partial charge in [-0.15, -0.1) is 0 Å². The minimum absolute atomic E-state index is 0.0695. The molecule has 1 atom stereocenters. The van der Waals surface area contributed by atoms with Crippen LogP contribution >= 0.6 is 15.9 Å². The molecule has 0 aliphatic rings. The third kappa shape index (κ3) is 5.58. The van der Waals surface area contributed by atoms with E-state index < -0.39 is 24.5 Å². The number of aliphatic hydroxyl groups is 1. The summed E-state index contributed by atoms with van der Waals surface area (Å²) in [6.45, 7) is -0.341. The SMILES string of the molecule is COC(=O)C(CO)NC(=O)CCOc1cccc(Br)c1. The molecule has 1 aromatic carbocycles. The molecule has 1 aromatic rings. The van der Waals surface area contributed by atoms with Gasteiger partial charge < -0.3 is 19.9 Å². The lowest BCUT2D eigenvalue weighted by molar-refractivity contribution is -0.146. The Morgan fingerprint density at radius 3 is 2.80 bits per heavy atom. The lowest BCUT2D eigenvalue weighted by Gasteiger charge is -2.14. The maximum atomic E-state index is 11.6. The molecule has 1 rings (SSSR count). The Morgan fingerprint density at radius 1 is 1.45 bits per heavy atom. The van der Waals surface area contributed by atoms with Crippen LogP contribution in [0, 0.1) is 0 Å². The number of halogens is 1. The number of hydrogen-bond acceptors (Lipinski definition) is 5. The lowest BCUT2D eigenvalue weighted by atomic mass is 10.3. The number of ether oxygens (including phenoxy) is 2. The van der Waals surface area contributed by atoms with Crippen molar-refractivity contribution < 1.29 is 24.2 Å². The van der Waals surface area contributed by atoms with Gasteiger partial charge in [0.2, 0.25) is 5.91 Å². The van der Waals surface area contributed by atoms with Crippen LogP contribution < -0.4 is 10.1 Å². The van der Waals surface area contributed by atoms with E-state index in [-0.39, 0.29) is 13.0 Å². The Hall–Kier alpha value is -1.60. The molecule has 0 fully saturated rings. The highest BCUT2D eigenvalue weighted by molar-refractivity contribution is 9.10. The van der Waals surface area contributed by atoms with Gasteiger partial charge in [-0.05, 0) is 18.2 Å². The summed E-state index contributed by atoms with van der Waals surface area (Å²) in [7, 11) is 1.19. The first-order chi connectivity index (χ1) is 9.56. The maximum Gasteiger partial charge on any atom is 0.330 e. The largest absolute Gasteiger partial charge is 0.493 e. The van der Waals surface area contributed by atoms with Crippen LogP contribution in [0.5, 0.6) is 5.75 Å². The fraction of sp³-hybridized carbons (Fsp3) is 0.385. The van der Waals surface area contributed by atoms with Crippen LogP contribution in [-0.4, -0.2) is 43.3 Å². The molecule has 6 nitrogen and oxygen atoms in total. The van der Waals surface area contributed by atoms with Crippen molar-refractivity contribution in [2.45, 2.75) is 12.5 Å². The Kier molecular flexibility index (Phi) is 7.03. The molecule has 0 spiro atoms. The third-order valence-electron chi connectivity index (χ3n) is 2.40. The molecule has 0 aliphatic carbocycles. The summed E-state index contributed by atoms with van der Waals surface area (Å²) < 4.78 is 10.7. The second-order valence-electron chi connectivity index (χ2n) is 3.88. The van der Waals surface area contributed by atoms with Crippen molar-refractivity contribution in [3.05, 3.63) is 28.7 Å². The quantitative estimate of drug-likeness (QED) is 0.716. The van der Waals surface area contributed by atoms with E-state index in [1.54, 1.807) is 12.1 Å². The first-order valence-corrected chi connectivity index (χ1v) is 6.72. The maximum absolute atomic E-state index is 11.6. The predicted molar refractivity (Wildman–Crippen MR) is 75.3 cm³/mol. The fourth-order valence-corrected chi connectivity index (χ4v) is 1.78. The van der Waals surface area contributed by atoms with Crippen molar-refractivity contribution >= 4 is 27.8 Å². The van der Waals surface area contributed by atoms with Crippen LogP contribution in [0.4, 0.5) is 0 Å². The minimum Gasteiger partial charge on any atom is -0.493 e. The summed E-state index contributed by atoms with van der Waals surface area (Å²) >= 11 is 3.31. The number of esters is 1. The van der Waals surface area contributed by atoms with Crippen molar-refractivity contribution in [1.29, 1.82) is 0 Å². The number of hydrogen-bond donors (Lipinski definition) is 2. The number of amides is 1. The molecular weight excluding hydrogens is 330 g/mol. The number of methoxy groups -OCH3 is 1. The van der Waals surface area contributed by atoms with E-state index in [9.17, 15) is 9.59 Å². The summed E-state index contributed by atoms with van der Waals surface area (Å²) in [5, 5.41) is 11.3. The van der Waals surface area contributed by atoms with Gasteiger partial charge in [-0.1, -0.05) is 22.0 Å².